The Morgan fingerprint density at radius 3 is 2.59 bits per heavy atom. The Morgan fingerprint density at radius 1 is 1.05 bits per heavy atom. The highest BCUT2D eigenvalue weighted by Crippen LogP contribution is 2.28. The SMILES string of the molecule is CCCOc1ccc(CNCc2ccccc2Cl)cc1OC. The first-order valence-corrected chi connectivity index (χ1v) is 7.86. The molecule has 3 nitrogen and oxygen atoms in total. The van der Waals surface area contributed by atoms with Gasteiger partial charge >= 0.3 is 0 Å². The van der Waals surface area contributed by atoms with E-state index in [2.05, 4.69) is 12.2 Å². The van der Waals surface area contributed by atoms with Crippen LogP contribution >= 0.6 is 11.6 Å². The molecule has 118 valence electrons. The lowest BCUT2D eigenvalue weighted by Crippen LogP contribution is -2.13. The third kappa shape index (κ3) is 4.65. The number of methoxy groups -OCH3 is 1. The first kappa shape index (κ1) is 16.7. The van der Waals surface area contributed by atoms with Gasteiger partial charge in [-0.15, -0.1) is 0 Å². The van der Waals surface area contributed by atoms with Crippen LogP contribution in [0.15, 0.2) is 42.5 Å². The molecule has 0 unspecified atom stereocenters. The molecule has 0 fully saturated rings. The molecule has 0 atom stereocenters. The van der Waals surface area contributed by atoms with E-state index in [1.165, 1.54) is 0 Å². The van der Waals surface area contributed by atoms with Gasteiger partial charge in [0.05, 0.1) is 13.7 Å². The van der Waals surface area contributed by atoms with Gasteiger partial charge in [0.2, 0.25) is 0 Å². The first-order valence-electron chi connectivity index (χ1n) is 7.48. The second kappa shape index (κ2) is 8.66. The number of hydrogen-bond acceptors (Lipinski definition) is 3. The molecule has 22 heavy (non-hydrogen) atoms. The molecule has 2 aromatic carbocycles. The van der Waals surface area contributed by atoms with E-state index in [4.69, 9.17) is 21.1 Å². The van der Waals surface area contributed by atoms with Crippen molar-refractivity contribution in [1.29, 1.82) is 0 Å². The molecule has 0 amide bonds. The van der Waals surface area contributed by atoms with E-state index in [0.29, 0.717) is 6.61 Å². The van der Waals surface area contributed by atoms with Crippen molar-refractivity contribution in [3.05, 3.63) is 58.6 Å². The highest BCUT2D eigenvalue weighted by atomic mass is 35.5. The summed E-state index contributed by atoms with van der Waals surface area (Å²) in [5.41, 5.74) is 2.24. The van der Waals surface area contributed by atoms with Crippen LogP contribution in [0, 0.1) is 0 Å². The number of ether oxygens (including phenoxy) is 2. The second-order valence-electron chi connectivity index (χ2n) is 5.03. The highest BCUT2D eigenvalue weighted by molar-refractivity contribution is 6.31. The normalized spacial score (nSPS) is 10.5. The third-order valence-corrected chi connectivity index (χ3v) is 3.66. The van der Waals surface area contributed by atoms with E-state index in [1.54, 1.807) is 7.11 Å². The van der Waals surface area contributed by atoms with E-state index in [-0.39, 0.29) is 0 Å². The largest absolute Gasteiger partial charge is 0.493 e. The smallest absolute Gasteiger partial charge is 0.161 e. The van der Waals surface area contributed by atoms with Gasteiger partial charge in [-0.2, -0.15) is 0 Å². The fourth-order valence-electron chi connectivity index (χ4n) is 2.14. The van der Waals surface area contributed by atoms with Crippen molar-refractivity contribution in [1.82, 2.24) is 5.32 Å². The van der Waals surface area contributed by atoms with E-state index in [0.717, 1.165) is 47.2 Å². The molecule has 0 aliphatic carbocycles. The molecule has 0 saturated carbocycles. The van der Waals surface area contributed by atoms with Crippen molar-refractivity contribution in [2.75, 3.05) is 13.7 Å². The predicted molar refractivity (Wildman–Crippen MR) is 90.8 cm³/mol. The van der Waals surface area contributed by atoms with Gasteiger partial charge in [0, 0.05) is 18.1 Å². The van der Waals surface area contributed by atoms with Crippen LogP contribution in [0.3, 0.4) is 0 Å². The van der Waals surface area contributed by atoms with Gasteiger partial charge in [0.1, 0.15) is 0 Å². The summed E-state index contributed by atoms with van der Waals surface area (Å²) < 4.78 is 11.1. The Kier molecular flexibility index (Phi) is 6.56. The summed E-state index contributed by atoms with van der Waals surface area (Å²) in [6.07, 6.45) is 0.976. The quantitative estimate of drug-likeness (QED) is 0.781. The van der Waals surface area contributed by atoms with Gasteiger partial charge in [0.25, 0.3) is 0 Å². The highest BCUT2D eigenvalue weighted by Gasteiger charge is 2.06. The van der Waals surface area contributed by atoms with Gasteiger partial charge in [-0.3, -0.25) is 0 Å². The van der Waals surface area contributed by atoms with Gasteiger partial charge in [-0.25, -0.2) is 0 Å². The van der Waals surface area contributed by atoms with Gasteiger partial charge in [0.15, 0.2) is 11.5 Å². The van der Waals surface area contributed by atoms with Crippen LogP contribution in [0.25, 0.3) is 0 Å². The van der Waals surface area contributed by atoms with Crippen LogP contribution in [0.1, 0.15) is 24.5 Å². The summed E-state index contributed by atoms with van der Waals surface area (Å²) in [5.74, 6) is 1.56. The van der Waals surface area contributed by atoms with Crippen LogP contribution in [0.4, 0.5) is 0 Å². The topological polar surface area (TPSA) is 30.5 Å². The zero-order valence-electron chi connectivity index (χ0n) is 13.1. The Labute approximate surface area is 137 Å². The lowest BCUT2D eigenvalue weighted by Gasteiger charge is -2.12. The molecule has 0 bridgehead atoms. The molecule has 0 saturated heterocycles. The molecular weight excluding hydrogens is 298 g/mol. The molecule has 0 aliphatic rings. The minimum absolute atomic E-state index is 0.695. The standard InChI is InChI=1S/C18H22ClNO2/c1-3-10-22-17-9-8-14(11-18(17)21-2)12-20-13-15-6-4-5-7-16(15)19/h4-9,11,20H,3,10,12-13H2,1-2H3. The number of benzene rings is 2. The maximum Gasteiger partial charge on any atom is 0.161 e. The van der Waals surface area contributed by atoms with Crippen molar-refractivity contribution < 1.29 is 9.47 Å². The summed E-state index contributed by atoms with van der Waals surface area (Å²) in [4.78, 5) is 0. The number of nitrogens with one attached hydrogen (secondary N) is 1. The average Bonchev–Trinajstić information content (AvgIpc) is 2.55. The maximum absolute atomic E-state index is 6.15. The van der Waals surface area contributed by atoms with Crippen LogP contribution in [-0.2, 0) is 13.1 Å². The summed E-state index contributed by atoms with van der Waals surface area (Å²) in [7, 11) is 1.66. The van der Waals surface area contributed by atoms with Gasteiger partial charge in [-0.05, 0) is 35.7 Å². The molecule has 0 aromatic heterocycles. The molecule has 0 radical (unpaired) electrons. The van der Waals surface area contributed by atoms with Crippen molar-refractivity contribution in [2.24, 2.45) is 0 Å². The van der Waals surface area contributed by atoms with E-state index in [9.17, 15) is 0 Å². The molecule has 0 aliphatic heterocycles. The first-order chi connectivity index (χ1) is 10.7. The fraction of sp³-hybridized carbons (Fsp3) is 0.333. The number of halogens is 1. The Morgan fingerprint density at radius 2 is 1.86 bits per heavy atom. The van der Waals surface area contributed by atoms with E-state index >= 15 is 0 Å². The monoisotopic (exact) mass is 319 g/mol. The molecule has 1 N–H and O–H groups in total. The second-order valence-corrected chi connectivity index (χ2v) is 5.44. The van der Waals surface area contributed by atoms with Crippen molar-refractivity contribution >= 4 is 11.6 Å². The molecule has 0 spiro atoms. The molecule has 0 heterocycles. The van der Waals surface area contributed by atoms with Crippen LogP contribution < -0.4 is 14.8 Å². The predicted octanol–water partition coefficient (Wildman–Crippen LogP) is 4.43. The van der Waals surface area contributed by atoms with Crippen LogP contribution in [0.5, 0.6) is 11.5 Å². The maximum atomic E-state index is 6.15. The average molecular weight is 320 g/mol. The Balaban J connectivity index is 1.94. The van der Waals surface area contributed by atoms with Gasteiger partial charge < -0.3 is 14.8 Å². The van der Waals surface area contributed by atoms with Crippen LogP contribution in [0.2, 0.25) is 5.02 Å². The number of rotatable bonds is 8. The van der Waals surface area contributed by atoms with E-state index in [1.807, 2.05) is 42.5 Å². The fourth-order valence-corrected chi connectivity index (χ4v) is 2.34. The lowest BCUT2D eigenvalue weighted by molar-refractivity contribution is 0.294. The Hall–Kier alpha value is -1.71. The van der Waals surface area contributed by atoms with Crippen molar-refractivity contribution in [3.63, 3.8) is 0 Å². The molecular formula is C18H22ClNO2. The minimum atomic E-state index is 0.695. The lowest BCUT2D eigenvalue weighted by atomic mass is 10.2. The number of hydrogen-bond donors (Lipinski definition) is 1. The summed E-state index contributed by atoms with van der Waals surface area (Å²) in [6, 6.07) is 13.9. The van der Waals surface area contributed by atoms with Crippen LogP contribution in [-0.4, -0.2) is 13.7 Å². The van der Waals surface area contributed by atoms with Crippen molar-refractivity contribution in [3.8, 4) is 11.5 Å². The minimum Gasteiger partial charge on any atom is -0.493 e. The zero-order chi connectivity index (χ0) is 15.8. The summed E-state index contributed by atoms with van der Waals surface area (Å²) in [6.45, 7) is 4.26. The Bertz CT molecular complexity index is 601. The van der Waals surface area contributed by atoms with E-state index < -0.39 is 0 Å². The van der Waals surface area contributed by atoms with Crippen molar-refractivity contribution in [2.45, 2.75) is 26.4 Å². The molecule has 4 heteroatoms. The summed E-state index contributed by atoms with van der Waals surface area (Å²) >= 11 is 6.15. The molecule has 2 aromatic rings. The van der Waals surface area contributed by atoms with Gasteiger partial charge in [-0.1, -0.05) is 42.8 Å². The third-order valence-electron chi connectivity index (χ3n) is 3.29. The molecule has 2 rings (SSSR count). The summed E-state index contributed by atoms with van der Waals surface area (Å²) in [5, 5.41) is 4.18. The zero-order valence-corrected chi connectivity index (χ0v) is 13.8.